The molecule has 4 rings (SSSR count). The molecular weight excluding hydrogens is 414 g/mol. The van der Waals surface area contributed by atoms with Crippen molar-refractivity contribution in [3.63, 3.8) is 0 Å². The number of carbonyl (C=O) groups is 1. The molecule has 31 heavy (non-hydrogen) atoms. The van der Waals surface area contributed by atoms with E-state index < -0.39 is 15.7 Å². The van der Waals surface area contributed by atoms with Crippen molar-refractivity contribution in [2.45, 2.75) is 17.1 Å². The maximum absolute atomic E-state index is 12.6. The summed E-state index contributed by atoms with van der Waals surface area (Å²) in [6.07, 6.45) is 3.72. The van der Waals surface area contributed by atoms with Crippen LogP contribution in [0.5, 0.6) is 0 Å². The Labute approximate surface area is 180 Å². The SMILES string of the molecule is O=C(NCCc1ccn(-c2ccccc2)n1)c1occc1CS(=O)(=O)c1ccccc1. The van der Waals surface area contributed by atoms with Gasteiger partial charge >= 0.3 is 0 Å². The first-order valence-electron chi connectivity index (χ1n) is 9.75. The molecule has 0 aliphatic rings. The van der Waals surface area contributed by atoms with E-state index in [2.05, 4.69) is 10.4 Å². The fourth-order valence-corrected chi connectivity index (χ4v) is 4.54. The lowest BCUT2D eigenvalue weighted by Gasteiger charge is -2.06. The Morgan fingerprint density at radius 1 is 0.968 bits per heavy atom. The van der Waals surface area contributed by atoms with Gasteiger partial charge in [0.2, 0.25) is 0 Å². The molecule has 0 saturated heterocycles. The van der Waals surface area contributed by atoms with Crippen molar-refractivity contribution in [1.29, 1.82) is 0 Å². The van der Waals surface area contributed by atoms with Crippen molar-refractivity contribution >= 4 is 15.7 Å². The third-order valence-electron chi connectivity index (χ3n) is 4.73. The molecule has 0 aliphatic carbocycles. The van der Waals surface area contributed by atoms with Gasteiger partial charge in [-0.15, -0.1) is 0 Å². The van der Waals surface area contributed by atoms with Crippen LogP contribution in [-0.4, -0.2) is 30.7 Å². The summed E-state index contributed by atoms with van der Waals surface area (Å²) in [7, 11) is -3.58. The average Bonchev–Trinajstić information content (AvgIpc) is 3.44. The molecule has 0 fully saturated rings. The van der Waals surface area contributed by atoms with Gasteiger partial charge in [0.1, 0.15) is 0 Å². The topological polar surface area (TPSA) is 94.2 Å². The Kier molecular flexibility index (Phi) is 5.99. The molecule has 8 heteroatoms. The van der Waals surface area contributed by atoms with Gasteiger partial charge in [-0.1, -0.05) is 36.4 Å². The smallest absolute Gasteiger partial charge is 0.287 e. The highest BCUT2D eigenvalue weighted by Gasteiger charge is 2.22. The second-order valence-electron chi connectivity index (χ2n) is 6.94. The van der Waals surface area contributed by atoms with E-state index in [0.29, 0.717) is 18.5 Å². The number of para-hydroxylation sites is 1. The number of carbonyl (C=O) groups excluding carboxylic acids is 1. The number of rotatable bonds is 8. The molecule has 0 saturated carbocycles. The second kappa shape index (κ2) is 9.01. The van der Waals surface area contributed by atoms with Crippen LogP contribution in [0.2, 0.25) is 0 Å². The van der Waals surface area contributed by atoms with Crippen LogP contribution in [0.1, 0.15) is 21.8 Å². The van der Waals surface area contributed by atoms with E-state index in [4.69, 9.17) is 4.42 Å². The number of hydrogen-bond donors (Lipinski definition) is 1. The van der Waals surface area contributed by atoms with Crippen LogP contribution in [0.25, 0.3) is 5.69 Å². The maximum Gasteiger partial charge on any atom is 0.287 e. The zero-order valence-corrected chi connectivity index (χ0v) is 17.5. The molecule has 0 spiro atoms. The van der Waals surface area contributed by atoms with Crippen LogP contribution < -0.4 is 5.32 Å². The Balaban J connectivity index is 1.36. The Hall–Kier alpha value is -3.65. The van der Waals surface area contributed by atoms with Gasteiger partial charge in [0.05, 0.1) is 28.3 Å². The lowest BCUT2D eigenvalue weighted by molar-refractivity contribution is 0.0925. The van der Waals surface area contributed by atoms with E-state index in [9.17, 15) is 13.2 Å². The summed E-state index contributed by atoms with van der Waals surface area (Å²) in [6.45, 7) is 0.343. The molecule has 0 aliphatic heterocycles. The third kappa shape index (κ3) is 4.92. The number of nitrogens with zero attached hydrogens (tertiary/aromatic N) is 2. The highest BCUT2D eigenvalue weighted by atomic mass is 32.2. The first-order valence-corrected chi connectivity index (χ1v) is 11.4. The maximum atomic E-state index is 12.6. The highest BCUT2D eigenvalue weighted by Crippen LogP contribution is 2.20. The summed E-state index contributed by atoms with van der Waals surface area (Å²) >= 11 is 0. The number of sulfone groups is 1. The summed E-state index contributed by atoms with van der Waals surface area (Å²) in [5.41, 5.74) is 2.11. The highest BCUT2D eigenvalue weighted by molar-refractivity contribution is 7.90. The van der Waals surface area contributed by atoms with Gasteiger partial charge in [-0.25, -0.2) is 13.1 Å². The molecule has 0 unspecified atom stereocenters. The number of amides is 1. The molecule has 2 aromatic heterocycles. The number of hydrogen-bond acceptors (Lipinski definition) is 5. The van der Waals surface area contributed by atoms with Crippen LogP contribution >= 0.6 is 0 Å². The fraction of sp³-hybridized carbons (Fsp3) is 0.130. The molecule has 2 aromatic carbocycles. The summed E-state index contributed by atoms with van der Waals surface area (Å²) in [6, 6.07) is 21.3. The van der Waals surface area contributed by atoms with Crippen LogP contribution in [0, 0.1) is 0 Å². The zero-order chi connectivity index (χ0) is 21.7. The minimum absolute atomic E-state index is 0.00863. The van der Waals surface area contributed by atoms with Crippen molar-refractivity contribution in [2.24, 2.45) is 0 Å². The summed E-state index contributed by atoms with van der Waals surface area (Å²) < 4.78 is 32.3. The van der Waals surface area contributed by atoms with E-state index in [1.54, 1.807) is 22.9 Å². The average molecular weight is 436 g/mol. The van der Waals surface area contributed by atoms with Crippen molar-refractivity contribution in [3.05, 3.63) is 102 Å². The molecule has 0 atom stereocenters. The lowest BCUT2D eigenvalue weighted by atomic mass is 10.2. The van der Waals surface area contributed by atoms with Crippen LogP contribution in [0.4, 0.5) is 0 Å². The molecular formula is C23H21N3O4S. The standard InChI is InChI=1S/C23H21N3O4S/c27-23(24-14-11-19-12-15-26(25-19)20-7-3-1-4-8-20)22-18(13-16-30-22)17-31(28,29)21-9-5-2-6-10-21/h1-10,12-13,15-16H,11,14,17H2,(H,24,27). The number of nitrogens with one attached hydrogen (secondary N) is 1. The first-order chi connectivity index (χ1) is 15.0. The van der Waals surface area contributed by atoms with Crippen molar-refractivity contribution in [2.75, 3.05) is 6.54 Å². The van der Waals surface area contributed by atoms with Crippen LogP contribution in [-0.2, 0) is 22.0 Å². The van der Waals surface area contributed by atoms with Crippen molar-refractivity contribution in [1.82, 2.24) is 15.1 Å². The van der Waals surface area contributed by atoms with Gasteiger partial charge in [-0.05, 0) is 36.4 Å². The third-order valence-corrected chi connectivity index (χ3v) is 6.41. The van der Waals surface area contributed by atoms with Crippen molar-refractivity contribution in [3.8, 4) is 5.69 Å². The number of benzene rings is 2. The van der Waals surface area contributed by atoms with E-state index >= 15 is 0 Å². The normalized spacial score (nSPS) is 11.4. The minimum Gasteiger partial charge on any atom is -0.459 e. The summed E-state index contributed by atoms with van der Waals surface area (Å²) in [5.74, 6) is -0.752. The van der Waals surface area contributed by atoms with E-state index in [1.807, 2.05) is 42.6 Å². The van der Waals surface area contributed by atoms with Gasteiger partial charge in [0.25, 0.3) is 5.91 Å². The van der Waals surface area contributed by atoms with Gasteiger partial charge in [-0.2, -0.15) is 5.10 Å². The molecule has 2 heterocycles. The Morgan fingerprint density at radius 3 is 2.42 bits per heavy atom. The Morgan fingerprint density at radius 2 is 1.68 bits per heavy atom. The quantitative estimate of drug-likeness (QED) is 0.458. The first kappa shape index (κ1) is 20.6. The minimum atomic E-state index is -3.58. The molecule has 0 bridgehead atoms. The Bertz CT molecular complexity index is 1260. The van der Waals surface area contributed by atoms with E-state index in [0.717, 1.165) is 11.4 Å². The van der Waals surface area contributed by atoms with Crippen molar-refractivity contribution < 1.29 is 17.6 Å². The second-order valence-corrected chi connectivity index (χ2v) is 8.93. The van der Waals surface area contributed by atoms with E-state index in [1.165, 1.54) is 24.5 Å². The number of furan rings is 1. The predicted molar refractivity (Wildman–Crippen MR) is 116 cm³/mol. The molecule has 158 valence electrons. The molecule has 1 amide bonds. The zero-order valence-electron chi connectivity index (χ0n) is 16.6. The molecule has 4 aromatic rings. The molecule has 7 nitrogen and oxygen atoms in total. The van der Waals surface area contributed by atoms with Gasteiger partial charge in [0.15, 0.2) is 15.6 Å². The predicted octanol–water partition coefficient (Wildman–Crippen LogP) is 3.41. The van der Waals surface area contributed by atoms with E-state index in [-0.39, 0.29) is 16.4 Å². The summed E-state index contributed by atoms with van der Waals surface area (Å²) in [5, 5.41) is 7.27. The lowest BCUT2D eigenvalue weighted by Crippen LogP contribution is -2.26. The van der Waals surface area contributed by atoms with Crippen LogP contribution in [0.3, 0.4) is 0 Å². The molecule has 1 N–H and O–H groups in total. The monoisotopic (exact) mass is 435 g/mol. The van der Waals surface area contributed by atoms with Gasteiger partial charge < -0.3 is 9.73 Å². The molecule has 0 radical (unpaired) electrons. The summed E-state index contributed by atoms with van der Waals surface area (Å²) in [4.78, 5) is 12.7. The largest absolute Gasteiger partial charge is 0.459 e. The number of aromatic nitrogens is 2. The van der Waals surface area contributed by atoms with Crippen LogP contribution in [0.15, 0.2) is 94.6 Å². The van der Waals surface area contributed by atoms with Gasteiger partial charge in [-0.3, -0.25) is 4.79 Å². The fourth-order valence-electron chi connectivity index (χ4n) is 3.17. The van der Waals surface area contributed by atoms with Gasteiger partial charge in [0, 0.05) is 24.7 Å².